The first kappa shape index (κ1) is 16.0. The molecule has 1 atom stereocenters. The van der Waals surface area contributed by atoms with Gasteiger partial charge in [0.25, 0.3) is 0 Å². The number of nitrogens with two attached hydrogens (primary N) is 1. The summed E-state index contributed by atoms with van der Waals surface area (Å²) in [7, 11) is 1.71. The summed E-state index contributed by atoms with van der Waals surface area (Å²) in [6, 6.07) is 8.44. The number of hydrogen-bond donors (Lipinski definition) is 2. The second-order valence-electron chi connectivity index (χ2n) is 6.33. The summed E-state index contributed by atoms with van der Waals surface area (Å²) in [4.78, 5) is 0. The highest BCUT2D eigenvalue weighted by Crippen LogP contribution is 2.24. The van der Waals surface area contributed by atoms with Gasteiger partial charge < -0.3 is 4.74 Å². The quantitative estimate of drug-likeness (QED) is 0.587. The van der Waals surface area contributed by atoms with Gasteiger partial charge in [-0.1, -0.05) is 45.4 Å². The van der Waals surface area contributed by atoms with Crippen LogP contribution in [-0.4, -0.2) is 13.2 Å². The lowest BCUT2D eigenvalue weighted by Gasteiger charge is -2.21. The first-order valence-electron chi connectivity index (χ1n) is 7.04. The normalized spacial score (nSPS) is 13.3. The van der Waals surface area contributed by atoms with Gasteiger partial charge in [-0.15, -0.1) is 0 Å². The van der Waals surface area contributed by atoms with Gasteiger partial charge in [0.1, 0.15) is 5.75 Å². The predicted octanol–water partition coefficient (Wildman–Crippen LogP) is 3.29. The Hall–Kier alpha value is -1.06. The van der Waals surface area contributed by atoms with E-state index in [0.717, 1.165) is 18.6 Å². The summed E-state index contributed by atoms with van der Waals surface area (Å²) < 4.78 is 5.38. The van der Waals surface area contributed by atoms with E-state index in [2.05, 4.69) is 32.3 Å². The zero-order valence-electron chi connectivity index (χ0n) is 12.7. The van der Waals surface area contributed by atoms with Crippen molar-refractivity contribution in [3.05, 3.63) is 29.8 Å². The highest BCUT2D eigenvalue weighted by Gasteiger charge is 2.14. The number of hydrazine groups is 1. The summed E-state index contributed by atoms with van der Waals surface area (Å²) in [5, 5.41) is 0. The molecule has 0 aliphatic carbocycles. The second-order valence-corrected chi connectivity index (χ2v) is 6.33. The summed E-state index contributed by atoms with van der Waals surface area (Å²) in [5.74, 6) is 6.61. The molecule has 0 heterocycles. The first-order valence-corrected chi connectivity index (χ1v) is 7.04. The van der Waals surface area contributed by atoms with Gasteiger partial charge in [-0.3, -0.25) is 11.3 Å². The van der Waals surface area contributed by atoms with Crippen LogP contribution >= 0.6 is 0 Å². The summed E-state index contributed by atoms with van der Waals surface area (Å²) in [6.45, 7) is 6.83. The molecule has 0 aliphatic heterocycles. The lowest BCUT2D eigenvalue weighted by Crippen LogP contribution is -2.37. The average molecular weight is 264 g/mol. The Bertz CT molecular complexity index is 371. The molecule has 19 heavy (non-hydrogen) atoms. The molecule has 108 valence electrons. The van der Waals surface area contributed by atoms with Gasteiger partial charge in [0, 0.05) is 6.04 Å². The van der Waals surface area contributed by atoms with Gasteiger partial charge in [-0.25, -0.2) is 0 Å². The highest BCUT2D eigenvalue weighted by molar-refractivity contribution is 5.33. The van der Waals surface area contributed by atoms with Crippen LogP contribution in [0.4, 0.5) is 0 Å². The standard InChI is InChI=1S/C16H28N2O/c1-16(2,3)11-7-9-14(18-17)12-13-8-5-6-10-15(13)19-4/h5-6,8,10,14,18H,7,9,11-12,17H2,1-4H3. The topological polar surface area (TPSA) is 47.3 Å². The number of rotatable bonds is 7. The molecule has 1 unspecified atom stereocenters. The lowest BCUT2D eigenvalue weighted by atomic mass is 9.88. The van der Waals surface area contributed by atoms with Crippen LogP contribution in [0.5, 0.6) is 5.75 Å². The van der Waals surface area contributed by atoms with Crippen molar-refractivity contribution in [1.82, 2.24) is 5.43 Å². The maximum atomic E-state index is 5.67. The average Bonchev–Trinajstić information content (AvgIpc) is 2.36. The third-order valence-corrected chi connectivity index (χ3v) is 3.37. The van der Waals surface area contributed by atoms with E-state index in [1.807, 2.05) is 18.2 Å². The summed E-state index contributed by atoms with van der Waals surface area (Å²) in [6.07, 6.45) is 4.40. The Morgan fingerprint density at radius 3 is 2.53 bits per heavy atom. The van der Waals surface area contributed by atoms with Crippen LogP contribution in [0.25, 0.3) is 0 Å². The molecule has 3 nitrogen and oxygen atoms in total. The van der Waals surface area contributed by atoms with Gasteiger partial charge in [-0.05, 0) is 36.3 Å². The van der Waals surface area contributed by atoms with Gasteiger partial charge in [-0.2, -0.15) is 0 Å². The van der Waals surface area contributed by atoms with Crippen LogP contribution in [0, 0.1) is 5.41 Å². The molecule has 0 saturated heterocycles. The Morgan fingerprint density at radius 2 is 1.95 bits per heavy atom. The molecule has 1 aromatic carbocycles. The van der Waals surface area contributed by atoms with Crippen LogP contribution < -0.4 is 16.0 Å². The minimum absolute atomic E-state index is 0.304. The predicted molar refractivity (Wildman–Crippen MR) is 81.1 cm³/mol. The smallest absolute Gasteiger partial charge is 0.122 e. The summed E-state index contributed by atoms with van der Waals surface area (Å²) >= 11 is 0. The van der Waals surface area contributed by atoms with Crippen LogP contribution in [0.1, 0.15) is 45.6 Å². The van der Waals surface area contributed by atoms with E-state index in [1.165, 1.54) is 18.4 Å². The van der Waals surface area contributed by atoms with Crippen molar-refractivity contribution in [2.24, 2.45) is 11.3 Å². The highest BCUT2D eigenvalue weighted by atomic mass is 16.5. The molecule has 0 aliphatic rings. The Labute approximate surface area is 117 Å². The van der Waals surface area contributed by atoms with Crippen molar-refractivity contribution < 1.29 is 4.74 Å². The van der Waals surface area contributed by atoms with Crippen molar-refractivity contribution in [2.75, 3.05) is 7.11 Å². The van der Waals surface area contributed by atoms with Gasteiger partial charge >= 0.3 is 0 Å². The van der Waals surface area contributed by atoms with Gasteiger partial charge in [0.15, 0.2) is 0 Å². The number of benzene rings is 1. The number of para-hydroxylation sites is 1. The molecule has 0 bridgehead atoms. The maximum Gasteiger partial charge on any atom is 0.122 e. The molecule has 0 fully saturated rings. The van der Waals surface area contributed by atoms with Crippen LogP contribution in [0.3, 0.4) is 0 Å². The molecule has 0 spiro atoms. The van der Waals surface area contributed by atoms with Crippen LogP contribution in [0.15, 0.2) is 24.3 Å². The summed E-state index contributed by atoms with van der Waals surface area (Å²) in [5.41, 5.74) is 4.54. The molecule has 0 radical (unpaired) electrons. The van der Waals surface area contributed by atoms with E-state index >= 15 is 0 Å². The van der Waals surface area contributed by atoms with E-state index in [1.54, 1.807) is 7.11 Å². The van der Waals surface area contributed by atoms with E-state index in [4.69, 9.17) is 10.6 Å². The molecular weight excluding hydrogens is 236 g/mol. The molecule has 0 saturated carbocycles. The van der Waals surface area contributed by atoms with Crippen LogP contribution in [0.2, 0.25) is 0 Å². The third-order valence-electron chi connectivity index (χ3n) is 3.37. The van der Waals surface area contributed by atoms with Crippen molar-refractivity contribution in [3.8, 4) is 5.75 Å². The van der Waals surface area contributed by atoms with E-state index in [9.17, 15) is 0 Å². The van der Waals surface area contributed by atoms with Gasteiger partial charge in [0.2, 0.25) is 0 Å². The van der Waals surface area contributed by atoms with Crippen LogP contribution in [-0.2, 0) is 6.42 Å². The minimum atomic E-state index is 0.304. The molecular formula is C16H28N2O. The zero-order chi connectivity index (χ0) is 14.3. The monoisotopic (exact) mass is 264 g/mol. The largest absolute Gasteiger partial charge is 0.496 e. The Kier molecular flexibility index (Phi) is 6.32. The van der Waals surface area contributed by atoms with Crippen molar-refractivity contribution >= 4 is 0 Å². The molecule has 3 N–H and O–H groups in total. The van der Waals surface area contributed by atoms with E-state index in [0.29, 0.717) is 11.5 Å². The molecule has 1 aromatic rings. The molecule has 3 heteroatoms. The molecule has 1 rings (SSSR count). The van der Waals surface area contributed by atoms with E-state index < -0.39 is 0 Å². The second kappa shape index (κ2) is 7.51. The number of hydrogen-bond acceptors (Lipinski definition) is 3. The first-order chi connectivity index (χ1) is 8.96. The fourth-order valence-electron chi connectivity index (χ4n) is 2.26. The zero-order valence-corrected chi connectivity index (χ0v) is 12.7. The third kappa shape index (κ3) is 6.08. The Balaban J connectivity index is 2.52. The van der Waals surface area contributed by atoms with Crippen molar-refractivity contribution in [3.63, 3.8) is 0 Å². The number of ether oxygens (including phenoxy) is 1. The van der Waals surface area contributed by atoms with E-state index in [-0.39, 0.29) is 0 Å². The minimum Gasteiger partial charge on any atom is -0.496 e. The maximum absolute atomic E-state index is 5.67. The fourth-order valence-corrected chi connectivity index (χ4v) is 2.26. The number of methoxy groups -OCH3 is 1. The fraction of sp³-hybridized carbons (Fsp3) is 0.625. The van der Waals surface area contributed by atoms with Gasteiger partial charge in [0.05, 0.1) is 7.11 Å². The Morgan fingerprint density at radius 1 is 1.26 bits per heavy atom. The van der Waals surface area contributed by atoms with Crippen molar-refractivity contribution in [2.45, 2.75) is 52.5 Å². The molecule has 0 aromatic heterocycles. The number of nitrogens with one attached hydrogen (secondary N) is 1. The SMILES string of the molecule is COc1ccccc1CC(CCCC(C)(C)C)NN. The molecule has 0 amide bonds. The van der Waals surface area contributed by atoms with Crippen molar-refractivity contribution in [1.29, 1.82) is 0 Å². The lowest BCUT2D eigenvalue weighted by molar-refractivity contribution is 0.341.